The smallest absolute Gasteiger partial charge is 0.257 e. The highest BCUT2D eigenvalue weighted by Crippen LogP contribution is 2.33. The first-order chi connectivity index (χ1) is 9.13. The van der Waals surface area contributed by atoms with E-state index in [4.69, 9.17) is 4.74 Å². The van der Waals surface area contributed by atoms with Gasteiger partial charge < -0.3 is 15.2 Å². The summed E-state index contributed by atoms with van der Waals surface area (Å²) in [6, 6.07) is 11.5. The van der Waals surface area contributed by atoms with Crippen LogP contribution in [0.15, 0.2) is 36.4 Å². The number of likely N-dealkylation sites (N-methyl/N-ethyl adjacent to an activating group) is 1. The summed E-state index contributed by atoms with van der Waals surface area (Å²) < 4.78 is 5.59. The summed E-state index contributed by atoms with van der Waals surface area (Å²) in [5.41, 5.74) is 0.683. The molecule has 0 aromatic heterocycles. The van der Waals surface area contributed by atoms with Gasteiger partial charge in [-0.2, -0.15) is 0 Å². The van der Waals surface area contributed by atoms with E-state index in [9.17, 15) is 9.90 Å². The zero-order chi connectivity index (χ0) is 13.8. The Kier molecular flexibility index (Phi) is 4.02. The molecule has 0 aliphatic carbocycles. The lowest BCUT2D eigenvalue weighted by Gasteiger charge is -2.15. The van der Waals surface area contributed by atoms with Crippen LogP contribution in [0.4, 0.5) is 0 Å². The van der Waals surface area contributed by atoms with Crippen LogP contribution in [0.25, 0.3) is 10.8 Å². The predicted octanol–water partition coefficient (Wildman–Crippen LogP) is 2.02. The van der Waals surface area contributed by atoms with Gasteiger partial charge in [0.25, 0.3) is 5.91 Å². The van der Waals surface area contributed by atoms with Gasteiger partial charge in [0.1, 0.15) is 5.75 Å². The lowest BCUT2D eigenvalue weighted by atomic mass is 10.0. The summed E-state index contributed by atoms with van der Waals surface area (Å²) in [5.74, 6) is 0.362. The van der Waals surface area contributed by atoms with E-state index in [0.29, 0.717) is 11.3 Å². The Balaban J connectivity index is 2.46. The predicted molar refractivity (Wildman–Crippen MR) is 74.1 cm³/mol. The van der Waals surface area contributed by atoms with Crippen molar-refractivity contribution >= 4 is 16.7 Å². The van der Waals surface area contributed by atoms with Gasteiger partial charge in [-0.3, -0.25) is 4.79 Å². The summed E-state index contributed by atoms with van der Waals surface area (Å²) in [6.45, 7) is 1.61. The largest absolute Gasteiger partial charge is 0.483 e. The third kappa shape index (κ3) is 2.85. The second-order valence-corrected chi connectivity index (χ2v) is 4.34. The number of benzene rings is 2. The zero-order valence-corrected chi connectivity index (χ0v) is 11.0. The molecule has 0 saturated carbocycles. The minimum Gasteiger partial charge on any atom is -0.483 e. The highest BCUT2D eigenvalue weighted by atomic mass is 16.5. The van der Waals surface area contributed by atoms with E-state index < -0.39 is 6.10 Å². The van der Waals surface area contributed by atoms with E-state index in [1.807, 2.05) is 36.4 Å². The zero-order valence-electron chi connectivity index (χ0n) is 11.0. The van der Waals surface area contributed by atoms with E-state index in [1.165, 1.54) is 0 Å². The Morgan fingerprint density at radius 2 is 2.05 bits per heavy atom. The highest BCUT2D eigenvalue weighted by Gasteiger charge is 2.13. The lowest BCUT2D eigenvalue weighted by molar-refractivity contribution is -0.122. The molecule has 2 N–H and O–H groups in total. The van der Waals surface area contributed by atoms with Gasteiger partial charge in [-0.15, -0.1) is 0 Å². The molecular formula is C15H17NO3. The molecule has 100 valence electrons. The third-order valence-electron chi connectivity index (χ3n) is 2.99. The molecule has 1 atom stereocenters. The number of carbonyl (C=O) groups excluding carboxylic acids is 1. The van der Waals surface area contributed by atoms with E-state index in [1.54, 1.807) is 14.0 Å². The van der Waals surface area contributed by atoms with Gasteiger partial charge >= 0.3 is 0 Å². The fraction of sp³-hybridized carbons (Fsp3) is 0.267. The molecule has 4 heteroatoms. The van der Waals surface area contributed by atoms with Crippen molar-refractivity contribution in [3.05, 3.63) is 42.0 Å². The quantitative estimate of drug-likeness (QED) is 0.883. The molecular weight excluding hydrogens is 242 g/mol. The summed E-state index contributed by atoms with van der Waals surface area (Å²) >= 11 is 0. The molecule has 0 radical (unpaired) electrons. The maximum Gasteiger partial charge on any atom is 0.257 e. The average molecular weight is 259 g/mol. The van der Waals surface area contributed by atoms with Crippen molar-refractivity contribution in [3.8, 4) is 5.75 Å². The minimum absolute atomic E-state index is 0.0653. The third-order valence-corrected chi connectivity index (χ3v) is 2.99. The maximum atomic E-state index is 11.3. The summed E-state index contributed by atoms with van der Waals surface area (Å²) in [6.07, 6.45) is -0.649. The summed E-state index contributed by atoms with van der Waals surface area (Å²) in [7, 11) is 1.56. The number of ether oxygens (including phenoxy) is 1. The normalized spacial score (nSPS) is 12.2. The molecule has 0 saturated heterocycles. The monoisotopic (exact) mass is 259 g/mol. The van der Waals surface area contributed by atoms with E-state index >= 15 is 0 Å². The molecule has 2 aromatic carbocycles. The van der Waals surface area contributed by atoms with Gasteiger partial charge in [0.2, 0.25) is 0 Å². The first kappa shape index (κ1) is 13.4. The fourth-order valence-corrected chi connectivity index (χ4v) is 1.96. The molecule has 4 nitrogen and oxygen atoms in total. The van der Waals surface area contributed by atoms with Gasteiger partial charge in [-0.05, 0) is 12.3 Å². The Morgan fingerprint density at radius 1 is 1.32 bits per heavy atom. The second kappa shape index (κ2) is 5.71. The van der Waals surface area contributed by atoms with Crippen LogP contribution in [0, 0.1) is 0 Å². The molecule has 2 rings (SSSR count). The van der Waals surface area contributed by atoms with Crippen LogP contribution in [0.3, 0.4) is 0 Å². The second-order valence-electron chi connectivity index (χ2n) is 4.34. The molecule has 0 aliphatic heterocycles. The lowest BCUT2D eigenvalue weighted by Crippen LogP contribution is -2.25. The number of aliphatic hydroxyl groups is 1. The molecule has 2 aromatic rings. The number of fused-ring (bicyclic) bond motifs is 1. The molecule has 0 aliphatic rings. The van der Waals surface area contributed by atoms with Crippen molar-refractivity contribution in [2.45, 2.75) is 13.0 Å². The van der Waals surface area contributed by atoms with Crippen LogP contribution >= 0.6 is 0 Å². The van der Waals surface area contributed by atoms with Crippen molar-refractivity contribution in [2.24, 2.45) is 0 Å². The number of hydrogen-bond acceptors (Lipinski definition) is 3. The Bertz CT molecular complexity index is 593. The topological polar surface area (TPSA) is 58.6 Å². The van der Waals surface area contributed by atoms with Gasteiger partial charge in [0.05, 0.1) is 6.10 Å². The maximum absolute atomic E-state index is 11.3. The molecule has 0 spiro atoms. The molecule has 0 unspecified atom stereocenters. The number of carbonyl (C=O) groups is 1. The van der Waals surface area contributed by atoms with Crippen LogP contribution in [0.2, 0.25) is 0 Å². The van der Waals surface area contributed by atoms with Crippen molar-refractivity contribution in [3.63, 3.8) is 0 Å². The van der Waals surface area contributed by atoms with Crippen molar-refractivity contribution < 1.29 is 14.6 Å². The molecule has 0 fully saturated rings. The minimum atomic E-state index is -0.649. The van der Waals surface area contributed by atoms with Crippen molar-refractivity contribution in [1.29, 1.82) is 0 Å². The first-order valence-corrected chi connectivity index (χ1v) is 6.16. The van der Waals surface area contributed by atoms with Crippen molar-refractivity contribution in [2.75, 3.05) is 13.7 Å². The van der Waals surface area contributed by atoms with Gasteiger partial charge in [0, 0.05) is 18.0 Å². The first-order valence-electron chi connectivity index (χ1n) is 6.16. The summed E-state index contributed by atoms with van der Waals surface area (Å²) in [5, 5.41) is 14.2. The van der Waals surface area contributed by atoms with Crippen molar-refractivity contribution in [1.82, 2.24) is 5.32 Å². The van der Waals surface area contributed by atoms with Gasteiger partial charge in [-0.25, -0.2) is 0 Å². The molecule has 1 amide bonds. The van der Waals surface area contributed by atoms with E-state index in [-0.39, 0.29) is 12.5 Å². The van der Waals surface area contributed by atoms with Gasteiger partial charge in [-0.1, -0.05) is 36.4 Å². The number of hydrogen-bond donors (Lipinski definition) is 2. The molecule has 19 heavy (non-hydrogen) atoms. The van der Waals surface area contributed by atoms with Crippen LogP contribution in [-0.2, 0) is 4.79 Å². The fourth-order valence-electron chi connectivity index (χ4n) is 1.96. The highest BCUT2D eigenvalue weighted by molar-refractivity contribution is 5.90. The van der Waals surface area contributed by atoms with Crippen LogP contribution < -0.4 is 10.1 Å². The molecule has 0 bridgehead atoms. The average Bonchev–Trinajstić information content (AvgIpc) is 2.43. The number of nitrogens with one attached hydrogen (secondary N) is 1. The van der Waals surface area contributed by atoms with E-state index in [2.05, 4.69) is 5.32 Å². The molecule has 0 heterocycles. The summed E-state index contributed by atoms with van der Waals surface area (Å²) in [4.78, 5) is 11.3. The van der Waals surface area contributed by atoms with Crippen LogP contribution in [-0.4, -0.2) is 24.7 Å². The Labute approximate surface area is 112 Å². The standard InChI is InChI=1S/C15H17NO3/c1-10(17)12-8-7-11-5-3-4-6-13(11)15(12)19-9-14(18)16-2/h3-8,10,17H,9H2,1-2H3,(H,16,18)/t10-/m1/s1. The Hall–Kier alpha value is -2.07. The number of rotatable bonds is 4. The van der Waals surface area contributed by atoms with E-state index in [0.717, 1.165) is 10.8 Å². The Morgan fingerprint density at radius 3 is 2.74 bits per heavy atom. The van der Waals surface area contributed by atoms with Gasteiger partial charge in [0.15, 0.2) is 6.61 Å². The SMILES string of the molecule is CNC(=O)COc1c([C@@H](C)O)ccc2ccccc12. The van der Waals surface area contributed by atoms with Crippen LogP contribution in [0.5, 0.6) is 5.75 Å². The number of aliphatic hydroxyl groups excluding tert-OH is 1. The number of amides is 1. The van der Waals surface area contributed by atoms with Crippen LogP contribution in [0.1, 0.15) is 18.6 Å².